The van der Waals surface area contributed by atoms with Gasteiger partial charge in [-0.15, -0.1) is 0 Å². The van der Waals surface area contributed by atoms with Crippen LogP contribution in [0.25, 0.3) is 0 Å². The summed E-state index contributed by atoms with van der Waals surface area (Å²) in [5, 5.41) is 9.68. The van der Waals surface area contributed by atoms with Gasteiger partial charge in [-0.1, -0.05) is 19.4 Å². The van der Waals surface area contributed by atoms with Crippen LogP contribution in [-0.4, -0.2) is 44.8 Å². The van der Waals surface area contributed by atoms with Crippen LogP contribution in [0.2, 0.25) is 0 Å². The Morgan fingerprint density at radius 3 is 2.63 bits per heavy atom. The van der Waals surface area contributed by atoms with Gasteiger partial charge in [0.05, 0.1) is 33.4 Å². The molecule has 0 fully saturated rings. The molecule has 0 saturated heterocycles. The van der Waals surface area contributed by atoms with Crippen LogP contribution in [0.1, 0.15) is 43.4 Å². The SMILES string of the molecule is CCCC(C#N)N1CCc2cc(OC)c(OC)cc2C1C/C=C/C(=O)OC. The second-order valence-corrected chi connectivity index (χ2v) is 6.50. The van der Waals surface area contributed by atoms with Gasteiger partial charge < -0.3 is 14.2 Å². The number of fused-ring (bicyclic) bond motifs is 1. The molecule has 0 N–H and O–H groups in total. The van der Waals surface area contributed by atoms with Crippen molar-refractivity contribution >= 4 is 5.97 Å². The number of esters is 1. The summed E-state index contributed by atoms with van der Waals surface area (Å²) in [5.74, 6) is 0.998. The van der Waals surface area contributed by atoms with Crippen molar-refractivity contribution in [2.45, 2.75) is 44.7 Å². The van der Waals surface area contributed by atoms with Gasteiger partial charge in [-0.05, 0) is 42.5 Å². The first-order valence-corrected chi connectivity index (χ1v) is 9.24. The fourth-order valence-electron chi connectivity index (χ4n) is 3.62. The number of rotatable bonds is 8. The summed E-state index contributed by atoms with van der Waals surface area (Å²) in [7, 11) is 4.61. The highest BCUT2D eigenvalue weighted by Crippen LogP contribution is 2.40. The second-order valence-electron chi connectivity index (χ2n) is 6.50. The molecule has 0 spiro atoms. The van der Waals surface area contributed by atoms with Gasteiger partial charge in [0, 0.05) is 18.7 Å². The third-order valence-electron chi connectivity index (χ3n) is 4.97. The fourth-order valence-corrected chi connectivity index (χ4v) is 3.62. The van der Waals surface area contributed by atoms with Gasteiger partial charge in [0.25, 0.3) is 0 Å². The number of nitriles is 1. The Morgan fingerprint density at radius 1 is 1.33 bits per heavy atom. The van der Waals surface area contributed by atoms with Crippen molar-refractivity contribution in [3.8, 4) is 17.6 Å². The largest absolute Gasteiger partial charge is 0.493 e. The topological polar surface area (TPSA) is 71.8 Å². The zero-order valence-electron chi connectivity index (χ0n) is 16.5. The average Bonchev–Trinajstić information content (AvgIpc) is 2.70. The van der Waals surface area contributed by atoms with Crippen molar-refractivity contribution in [1.82, 2.24) is 4.90 Å². The quantitative estimate of drug-likeness (QED) is 0.514. The van der Waals surface area contributed by atoms with E-state index in [2.05, 4.69) is 22.6 Å². The van der Waals surface area contributed by atoms with E-state index in [-0.39, 0.29) is 18.1 Å². The van der Waals surface area contributed by atoms with Crippen molar-refractivity contribution in [1.29, 1.82) is 5.26 Å². The molecule has 2 unspecified atom stereocenters. The zero-order chi connectivity index (χ0) is 19.8. The van der Waals surface area contributed by atoms with Crippen LogP contribution >= 0.6 is 0 Å². The Kier molecular flexibility index (Phi) is 7.68. The number of ether oxygens (including phenoxy) is 3. The molecule has 1 heterocycles. The lowest BCUT2D eigenvalue weighted by atomic mass is 9.88. The summed E-state index contributed by atoms with van der Waals surface area (Å²) in [5.41, 5.74) is 2.30. The molecule has 6 nitrogen and oxygen atoms in total. The standard InChI is InChI=1S/C21H28N2O4/c1-5-7-16(14-22)23-11-10-15-12-19(25-2)20(26-3)13-17(15)18(23)8-6-9-21(24)27-4/h6,9,12-13,16,18H,5,7-8,10-11H2,1-4H3/b9-6+. The van der Waals surface area contributed by atoms with Crippen LogP contribution < -0.4 is 9.47 Å². The van der Waals surface area contributed by atoms with Gasteiger partial charge >= 0.3 is 5.97 Å². The number of carbonyl (C=O) groups excluding carboxylic acids is 1. The molecule has 0 amide bonds. The van der Waals surface area contributed by atoms with Crippen LogP contribution in [0, 0.1) is 11.3 Å². The molecule has 6 heteroatoms. The highest BCUT2D eigenvalue weighted by atomic mass is 16.5. The van der Waals surface area contributed by atoms with Gasteiger partial charge in [-0.2, -0.15) is 5.26 Å². The minimum atomic E-state index is -0.379. The molecular weight excluding hydrogens is 344 g/mol. The van der Waals surface area contributed by atoms with Crippen LogP contribution in [0.15, 0.2) is 24.3 Å². The third kappa shape index (κ3) is 4.81. The molecule has 1 aromatic carbocycles. The van der Waals surface area contributed by atoms with Crippen LogP contribution in [0.4, 0.5) is 0 Å². The maximum atomic E-state index is 11.4. The molecule has 0 aliphatic carbocycles. The summed E-state index contributed by atoms with van der Waals surface area (Å²) in [6.45, 7) is 2.87. The fraction of sp³-hybridized carbons (Fsp3) is 0.524. The van der Waals surface area contributed by atoms with Gasteiger partial charge in [-0.3, -0.25) is 4.90 Å². The van der Waals surface area contributed by atoms with E-state index in [0.29, 0.717) is 17.9 Å². The lowest BCUT2D eigenvalue weighted by Gasteiger charge is -2.40. The molecule has 0 saturated carbocycles. The Balaban J connectivity index is 2.43. The molecule has 1 aliphatic rings. The average molecular weight is 372 g/mol. The van der Waals surface area contributed by atoms with E-state index in [9.17, 15) is 10.1 Å². The molecule has 0 radical (unpaired) electrons. The minimum absolute atomic E-state index is 0.00865. The maximum Gasteiger partial charge on any atom is 0.330 e. The first-order chi connectivity index (χ1) is 13.1. The Hall–Kier alpha value is -2.52. The molecule has 0 aromatic heterocycles. The van der Waals surface area contributed by atoms with E-state index in [4.69, 9.17) is 9.47 Å². The second kappa shape index (κ2) is 9.98. The van der Waals surface area contributed by atoms with E-state index < -0.39 is 0 Å². The van der Waals surface area contributed by atoms with Gasteiger partial charge in [-0.25, -0.2) is 4.79 Å². The van der Waals surface area contributed by atoms with Gasteiger partial charge in [0.15, 0.2) is 11.5 Å². The Bertz CT molecular complexity index is 724. The van der Waals surface area contributed by atoms with Crippen LogP contribution in [0.5, 0.6) is 11.5 Å². The van der Waals surface area contributed by atoms with Crippen molar-refractivity contribution in [2.24, 2.45) is 0 Å². The van der Waals surface area contributed by atoms with E-state index in [0.717, 1.165) is 31.4 Å². The maximum absolute atomic E-state index is 11.4. The van der Waals surface area contributed by atoms with E-state index in [1.54, 1.807) is 14.2 Å². The van der Waals surface area contributed by atoms with Crippen molar-refractivity contribution < 1.29 is 19.0 Å². The number of benzene rings is 1. The first kappa shape index (κ1) is 20.8. The van der Waals surface area contributed by atoms with Crippen molar-refractivity contribution in [3.05, 3.63) is 35.4 Å². The van der Waals surface area contributed by atoms with Crippen LogP contribution in [0.3, 0.4) is 0 Å². The number of hydrogen-bond donors (Lipinski definition) is 0. The van der Waals surface area contributed by atoms with Crippen molar-refractivity contribution in [2.75, 3.05) is 27.9 Å². The van der Waals surface area contributed by atoms with E-state index >= 15 is 0 Å². The molecular formula is C21H28N2O4. The highest BCUT2D eigenvalue weighted by molar-refractivity contribution is 5.81. The number of carbonyl (C=O) groups is 1. The number of methoxy groups -OCH3 is 3. The lowest BCUT2D eigenvalue weighted by Crippen LogP contribution is -2.42. The molecule has 1 aromatic rings. The molecule has 27 heavy (non-hydrogen) atoms. The van der Waals surface area contributed by atoms with E-state index in [1.165, 1.54) is 18.7 Å². The van der Waals surface area contributed by atoms with Gasteiger partial charge in [0.2, 0.25) is 0 Å². The predicted molar refractivity (Wildman–Crippen MR) is 103 cm³/mol. The minimum Gasteiger partial charge on any atom is -0.493 e. The molecule has 146 valence electrons. The van der Waals surface area contributed by atoms with Gasteiger partial charge in [0.1, 0.15) is 0 Å². The molecule has 0 bridgehead atoms. The Morgan fingerprint density at radius 2 is 2.04 bits per heavy atom. The predicted octanol–water partition coefficient (Wildman–Crippen LogP) is 3.41. The smallest absolute Gasteiger partial charge is 0.330 e. The van der Waals surface area contributed by atoms with Crippen LogP contribution in [-0.2, 0) is 16.0 Å². The molecule has 1 aliphatic heterocycles. The first-order valence-electron chi connectivity index (χ1n) is 9.24. The zero-order valence-corrected chi connectivity index (χ0v) is 16.5. The molecule has 2 rings (SSSR count). The number of nitrogens with zero attached hydrogens (tertiary/aromatic N) is 2. The summed E-state index contributed by atoms with van der Waals surface area (Å²) >= 11 is 0. The Labute approximate surface area is 161 Å². The molecule has 2 atom stereocenters. The lowest BCUT2D eigenvalue weighted by molar-refractivity contribution is -0.134. The number of hydrogen-bond acceptors (Lipinski definition) is 6. The summed E-state index contributed by atoms with van der Waals surface area (Å²) in [6.07, 6.45) is 6.47. The third-order valence-corrected chi connectivity index (χ3v) is 4.97. The summed E-state index contributed by atoms with van der Waals surface area (Å²) < 4.78 is 15.6. The van der Waals surface area contributed by atoms with Crippen molar-refractivity contribution in [3.63, 3.8) is 0 Å². The highest BCUT2D eigenvalue weighted by Gasteiger charge is 2.32. The summed E-state index contributed by atoms with van der Waals surface area (Å²) in [6, 6.07) is 6.30. The normalized spacial score (nSPS) is 17.8. The monoisotopic (exact) mass is 372 g/mol. The summed E-state index contributed by atoms with van der Waals surface area (Å²) in [4.78, 5) is 13.7. The van der Waals surface area contributed by atoms with E-state index in [1.807, 2.05) is 18.2 Å².